The van der Waals surface area contributed by atoms with Gasteiger partial charge in [-0.2, -0.15) is 0 Å². The molecule has 0 spiro atoms. The van der Waals surface area contributed by atoms with Crippen LogP contribution in [0.5, 0.6) is 0 Å². The van der Waals surface area contributed by atoms with Crippen molar-refractivity contribution >= 4 is 27.9 Å². The third kappa shape index (κ3) is 5.36. The van der Waals surface area contributed by atoms with E-state index >= 15 is 0 Å². The molecule has 0 radical (unpaired) electrons. The van der Waals surface area contributed by atoms with Gasteiger partial charge in [0.25, 0.3) is 6.43 Å². The molecule has 96 valence electrons. The average Bonchev–Trinajstić information content (AvgIpc) is 2.18. The molecule has 0 aliphatic heterocycles. The van der Waals surface area contributed by atoms with E-state index < -0.39 is 12.5 Å². The predicted octanol–water partition coefficient (Wildman–Crippen LogP) is 4.79. The van der Waals surface area contributed by atoms with Gasteiger partial charge in [-0.1, -0.05) is 40.0 Å². The maximum Gasteiger partial charge on any atom is 0.258 e. The monoisotopic (exact) mass is 323 g/mol. The molecule has 1 N–H and O–H groups in total. The molecule has 0 amide bonds. The molecule has 0 aliphatic carbocycles. The van der Waals surface area contributed by atoms with E-state index in [4.69, 9.17) is 0 Å². The summed E-state index contributed by atoms with van der Waals surface area (Å²) < 4.78 is 29.6. The first-order chi connectivity index (χ1) is 7.79. The van der Waals surface area contributed by atoms with Crippen LogP contribution in [0.4, 0.5) is 8.78 Å². The Kier molecular flexibility index (Phi) is 5.41. The van der Waals surface area contributed by atoms with Gasteiger partial charge in [-0.3, -0.25) is 4.72 Å². The summed E-state index contributed by atoms with van der Waals surface area (Å²) in [7, 11) is 0. The molecule has 1 unspecified atom stereocenters. The Bertz CT molecular complexity index is 349. The standard InChI is InChI=1S/C12H16BrF2NS/c1-12(2,3)17-16-10(11(14)15)8-4-6-9(13)7-5-8/h4-7,10-11,16H,1-3H3. The van der Waals surface area contributed by atoms with Crippen molar-refractivity contribution in [3.63, 3.8) is 0 Å². The highest BCUT2D eigenvalue weighted by atomic mass is 79.9. The zero-order valence-corrected chi connectivity index (χ0v) is 12.4. The minimum Gasteiger partial charge on any atom is -0.250 e. The van der Waals surface area contributed by atoms with Crippen molar-refractivity contribution in [2.45, 2.75) is 38.0 Å². The summed E-state index contributed by atoms with van der Waals surface area (Å²) in [6, 6.07) is 6.02. The van der Waals surface area contributed by atoms with E-state index in [1.807, 2.05) is 20.8 Å². The average molecular weight is 324 g/mol. The summed E-state index contributed by atoms with van der Waals surface area (Å²) in [6.45, 7) is 5.94. The number of halogens is 3. The van der Waals surface area contributed by atoms with Crippen molar-refractivity contribution in [3.8, 4) is 0 Å². The fourth-order valence-corrected chi connectivity index (χ4v) is 2.16. The van der Waals surface area contributed by atoms with Crippen LogP contribution in [0.1, 0.15) is 32.4 Å². The van der Waals surface area contributed by atoms with Gasteiger partial charge in [0.05, 0.1) is 0 Å². The molecule has 0 saturated heterocycles. The van der Waals surface area contributed by atoms with Gasteiger partial charge in [0.1, 0.15) is 6.04 Å². The maximum atomic E-state index is 13.0. The predicted molar refractivity (Wildman–Crippen MR) is 73.4 cm³/mol. The van der Waals surface area contributed by atoms with E-state index in [2.05, 4.69) is 20.7 Å². The number of hydrogen-bond acceptors (Lipinski definition) is 2. The first-order valence-electron chi connectivity index (χ1n) is 5.27. The van der Waals surface area contributed by atoms with Crippen LogP contribution in [-0.2, 0) is 0 Å². The number of benzene rings is 1. The number of hydrogen-bond donors (Lipinski definition) is 1. The summed E-state index contributed by atoms with van der Waals surface area (Å²) in [5.74, 6) is 0. The third-order valence-electron chi connectivity index (χ3n) is 1.97. The Morgan fingerprint density at radius 2 is 1.71 bits per heavy atom. The molecule has 1 nitrogen and oxygen atoms in total. The zero-order chi connectivity index (χ0) is 13.1. The second kappa shape index (κ2) is 6.16. The van der Waals surface area contributed by atoms with Gasteiger partial charge in [-0.05, 0) is 38.5 Å². The fraction of sp³-hybridized carbons (Fsp3) is 0.500. The summed E-state index contributed by atoms with van der Waals surface area (Å²) >= 11 is 4.62. The molecular formula is C12H16BrF2NS. The molecule has 0 aliphatic rings. The summed E-state index contributed by atoms with van der Waals surface area (Å²) in [5, 5.41) is 0. The van der Waals surface area contributed by atoms with Gasteiger partial charge in [0.15, 0.2) is 0 Å². The molecule has 5 heteroatoms. The van der Waals surface area contributed by atoms with Gasteiger partial charge in [0.2, 0.25) is 0 Å². The lowest BCUT2D eigenvalue weighted by molar-refractivity contribution is 0.110. The third-order valence-corrected chi connectivity index (χ3v) is 3.49. The van der Waals surface area contributed by atoms with Crippen molar-refractivity contribution in [2.24, 2.45) is 0 Å². The van der Waals surface area contributed by atoms with E-state index in [0.717, 1.165) is 4.47 Å². The van der Waals surface area contributed by atoms with Crippen molar-refractivity contribution in [2.75, 3.05) is 0 Å². The number of rotatable bonds is 4. The van der Waals surface area contributed by atoms with Crippen LogP contribution >= 0.6 is 27.9 Å². The summed E-state index contributed by atoms with van der Waals surface area (Å²) in [6.07, 6.45) is -2.42. The molecule has 0 bridgehead atoms. The van der Waals surface area contributed by atoms with Crippen molar-refractivity contribution in [1.82, 2.24) is 4.72 Å². The van der Waals surface area contributed by atoms with E-state index in [1.54, 1.807) is 24.3 Å². The highest BCUT2D eigenvalue weighted by molar-refractivity contribution is 9.10. The molecule has 1 rings (SSSR count). The normalized spacial score (nSPS) is 14.1. The molecular weight excluding hydrogens is 308 g/mol. The van der Waals surface area contributed by atoms with Gasteiger partial charge in [-0.15, -0.1) is 0 Å². The molecule has 1 aromatic rings. The summed E-state index contributed by atoms with van der Waals surface area (Å²) in [4.78, 5) is 0. The molecule has 17 heavy (non-hydrogen) atoms. The summed E-state index contributed by atoms with van der Waals surface area (Å²) in [5.41, 5.74) is 0.597. The SMILES string of the molecule is CC(C)(C)SNC(c1ccc(Br)cc1)C(F)F. The Morgan fingerprint density at radius 1 is 1.18 bits per heavy atom. The van der Waals surface area contributed by atoms with Crippen LogP contribution < -0.4 is 4.72 Å². The van der Waals surface area contributed by atoms with E-state index in [9.17, 15) is 8.78 Å². The second-order valence-corrected chi connectivity index (χ2v) is 7.28. The smallest absolute Gasteiger partial charge is 0.250 e. The van der Waals surface area contributed by atoms with Crippen molar-refractivity contribution < 1.29 is 8.78 Å². The number of alkyl halides is 2. The van der Waals surface area contributed by atoms with Gasteiger partial charge in [0, 0.05) is 9.22 Å². The second-order valence-electron chi connectivity index (χ2n) is 4.70. The Balaban J connectivity index is 2.76. The van der Waals surface area contributed by atoms with Crippen molar-refractivity contribution in [3.05, 3.63) is 34.3 Å². The molecule has 0 aromatic heterocycles. The highest BCUT2D eigenvalue weighted by Crippen LogP contribution is 2.28. The van der Waals surface area contributed by atoms with Crippen LogP contribution in [0.3, 0.4) is 0 Å². The molecule has 1 aromatic carbocycles. The van der Waals surface area contributed by atoms with Crippen LogP contribution in [0, 0.1) is 0 Å². The molecule has 0 saturated carbocycles. The Morgan fingerprint density at radius 3 is 2.12 bits per heavy atom. The van der Waals surface area contributed by atoms with Crippen LogP contribution in [0.25, 0.3) is 0 Å². The van der Waals surface area contributed by atoms with Crippen molar-refractivity contribution in [1.29, 1.82) is 0 Å². The Labute approximate surface area is 114 Å². The quantitative estimate of drug-likeness (QED) is 0.799. The zero-order valence-electron chi connectivity index (χ0n) is 10.0. The van der Waals surface area contributed by atoms with Gasteiger partial charge in [-0.25, -0.2) is 8.78 Å². The van der Waals surface area contributed by atoms with E-state index in [-0.39, 0.29) is 4.75 Å². The largest absolute Gasteiger partial charge is 0.258 e. The lowest BCUT2D eigenvalue weighted by Crippen LogP contribution is -2.26. The minimum atomic E-state index is -2.42. The first-order valence-corrected chi connectivity index (χ1v) is 6.88. The minimum absolute atomic E-state index is 0.0947. The lowest BCUT2D eigenvalue weighted by atomic mass is 10.1. The van der Waals surface area contributed by atoms with E-state index in [0.29, 0.717) is 5.56 Å². The molecule has 0 fully saturated rings. The fourth-order valence-electron chi connectivity index (χ4n) is 1.18. The molecule has 1 atom stereocenters. The topological polar surface area (TPSA) is 12.0 Å². The maximum absolute atomic E-state index is 13.0. The lowest BCUT2D eigenvalue weighted by Gasteiger charge is -2.24. The Hall–Kier alpha value is -0.130. The molecule has 0 heterocycles. The van der Waals surface area contributed by atoms with Crippen LogP contribution in [-0.4, -0.2) is 11.2 Å². The van der Waals surface area contributed by atoms with Crippen LogP contribution in [0.2, 0.25) is 0 Å². The van der Waals surface area contributed by atoms with Crippen LogP contribution in [0.15, 0.2) is 28.7 Å². The van der Waals surface area contributed by atoms with Gasteiger partial charge >= 0.3 is 0 Å². The van der Waals surface area contributed by atoms with E-state index in [1.165, 1.54) is 11.9 Å². The highest BCUT2D eigenvalue weighted by Gasteiger charge is 2.24. The van der Waals surface area contributed by atoms with Gasteiger partial charge < -0.3 is 0 Å². The first kappa shape index (κ1) is 14.9. The number of nitrogens with one attached hydrogen (secondary N) is 1.